The van der Waals surface area contributed by atoms with Crippen molar-refractivity contribution in [2.24, 2.45) is 0 Å². The van der Waals surface area contributed by atoms with Crippen molar-refractivity contribution >= 4 is 29.1 Å². The Hall–Kier alpha value is -2.30. The Labute approximate surface area is 193 Å². The molecule has 5 nitrogen and oxygen atoms in total. The molecule has 0 amide bonds. The van der Waals surface area contributed by atoms with Gasteiger partial charge in [-0.1, -0.05) is 19.1 Å². The Morgan fingerprint density at radius 1 is 1.19 bits per heavy atom. The van der Waals surface area contributed by atoms with Gasteiger partial charge in [-0.05, 0) is 55.7 Å². The Bertz CT molecular complexity index is 1060. The van der Waals surface area contributed by atoms with Gasteiger partial charge in [0.05, 0.1) is 10.6 Å². The van der Waals surface area contributed by atoms with Crippen molar-refractivity contribution in [1.82, 2.24) is 14.7 Å². The molecule has 3 rings (SSSR count). The van der Waals surface area contributed by atoms with Crippen LogP contribution in [0.3, 0.4) is 0 Å². The van der Waals surface area contributed by atoms with Gasteiger partial charge in [0.25, 0.3) is 0 Å². The first-order valence-electron chi connectivity index (χ1n) is 9.96. The van der Waals surface area contributed by atoms with E-state index in [1.807, 2.05) is 43.3 Å². The predicted molar refractivity (Wildman–Crippen MR) is 122 cm³/mol. The highest BCUT2D eigenvalue weighted by atomic mass is 32.2. The first-order valence-corrected chi connectivity index (χ1v) is 11.8. The second-order valence-corrected chi connectivity index (χ2v) is 9.64. The first kappa shape index (κ1) is 24.3. The Morgan fingerprint density at radius 3 is 2.62 bits per heavy atom. The molecule has 1 aromatic carbocycles. The molecule has 0 radical (unpaired) electrons. The van der Waals surface area contributed by atoms with Crippen LogP contribution in [0.4, 0.5) is 13.2 Å². The molecule has 0 aliphatic rings. The van der Waals surface area contributed by atoms with Gasteiger partial charge in [-0.15, -0.1) is 23.1 Å². The number of alkyl halides is 3. The number of nitrogens with zero attached hydrogens (tertiary/aromatic N) is 3. The van der Waals surface area contributed by atoms with Crippen molar-refractivity contribution in [2.75, 3.05) is 33.0 Å². The molecule has 0 aliphatic carbocycles. The second kappa shape index (κ2) is 10.5. The molecule has 0 fully saturated rings. The van der Waals surface area contributed by atoms with E-state index in [4.69, 9.17) is 4.74 Å². The van der Waals surface area contributed by atoms with Crippen molar-refractivity contribution in [3.63, 3.8) is 0 Å². The fraction of sp³-hybridized carbons (Fsp3) is 0.364. The van der Waals surface area contributed by atoms with Gasteiger partial charge in [0.2, 0.25) is 0 Å². The number of aromatic nitrogens is 2. The van der Waals surface area contributed by atoms with Crippen LogP contribution in [0.2, 0.25) is 0 Å². The van der Waals surface area contributed by atoms with Gasteiger partial charge in [-0.25, -0.2) is 0 Å². The van der Waals surface area contributed by atoms with Gasteiger partial charge < -0.3 is 9.64 Å². The minimum atomic E-state index is -4.61. The molecule has 2 aromatic heterocycles. The number of thioether (sulfide) groups is 1. The SMILES string of the molecule is CCSc1cccc(-c2ccc(-c3cc(C(F)(F)F)nn3CC(=O)OCCN(C)C)s2)c1. The van der Waals surface area contributed by atoms with Crippen LogP contribution in [-0.2, 0) is 22.3 Å². The summed E-state index contributed by atoms with van der Waals surface area (Å²) in [6.45, 7) is 2.36. The number of benzene rings is 1. The van der Waals surface area contributed by atoms with Crippen LogP contribution in [0.15, 0.2) is 47.4 Å². The molecule has 0 atom stereocenters. The molecule has 0 saturated carbocycles. The predicted octanol–water partition coefficient (Wildman–Crippen LogP) is 5.51. The zero-order chi connectivity index (χ0) is 23.3. The zero-order valence-electron chi connectivity index (χ0n) is 18.0. The molecule has 10 heteroatoms. The maximum atomic E-state index is 13.3. The van der Waals surface area contributed by atoms with E-state index in [2.05, 4.69) is 18.1 Å². The van der Waals surface area contributed by atoms with Crippen LogP contribution in [0, 0.1) is 0 Å². The molecule has 0 unspecified atom stereocenters. The summed E-state index contributed by atoms with van der Waals surface area (Å²) >= 11 is 3.08. The molecule has 0 saturated heterocycles. The number of thiophene rings is 1. The van der Waals surface area contributed by atoms with Crippen LogP contribution in [0.5, 0.6) is 0 Å². The molecule has 0 N–H and O–H groups in total. The van der Waals surface area contributed by atoms with Crippen molar-refractivity contribution in [3.8, 4) is 21.0 Å². The van der Waals surface area contributed by atoms with Crippen LogP contribution in [0.1, 0.15) is 12.6 Å². The third-order valence-electron chi connectivity index (χ3n) is 4.44. The standard InChI is InChI=1S/C22H24F3N3O2S2/c1-4-31-16-7-5-6-15(12-16)18-8-9-19(32-18)17-13-20(22(23,24)25)26-28(17)14-21(29)30-11-10-27(2)3/h5-9,12-13H,4,10-11,14H2,1-3H3. The highest BCUT2D eigenvalue weighted by molar-refractivity contribution is 7.99. The summed E-state index contributed by atoms with van der Waals surface area (Å²) in [6.07, 6.45) is -4.61. The zero-order valence-corrected chi connectivity index (χ0v) is 19.6. The topological polar surface area (TPSA) is 47.4 Å². The van der Waals surface area contributed by atoms with Crippen LogP contribution >= 0.6 is 23.1 Å². The summed E-state index contributed by atoms with van der Waals surface area (Å²) in [4.78, 5) is 16.7. The number of hydrogen-bond acceptors (Lipinski definition) is 6. The number of carbonyl (C=O) groups excluding carboxylic acids is 1. The molecule has 0 bridgehead atoms. The number of ether oxygens (including phenoxy) is 1. The molecule has 2 heterocycles. The molecule has 32 heavy (non-hydrogen) atoms. The maximum Gasteiger partial charge on any atom is 0.435 e. The van der Waals surface area contributed by atoms with Gasteiger partial charge in [0, 0.05) is 16.3 Å². The number of likely N-dealkylation sites (N-methyl/N-ethyl adjacent to an activating group) is 1. The Balaban J connectivity index is 1.87. The van der Waals surface area contributed by atoms with Crippen LogP contribution < -0.4 is 0 Å². The fourth-order valence-electron chi connectivity index (χ4n) is 2.92. The Morgan fingerprint density at radius 2 is 1.94 bits per heavy atom. The number of hydrogen-bond donors (Lipinski definition) is 0. The average Bonchev–Trinajstić information content (AvgIpc) is 3.35. The van der Waals surface area contributed by atoms with E-state index < -0.39 is 24.4 Å². The minimum absolute atomic E-state index is 0.157. The van der Waals surface area contributed by atoms with Crippen LogP contribution in [0.25, 0.3) is 21.0 Å². The lowest BCUT2D eigenvalue weighted by atomic mass is 10.2. The van der Waals surface area contributed by atoms with E-state index in [0.29, 0.717) is 11.4 Å². The summed E-state index contributed by atoms with van der Waals surface area (Å²) in [6, 6.07) is 12.6. The maximum absolute atomic E-state index is 13.3. The van der Waals surface area contributed by atoms with Crippen molar-refractivity contribution in [3.05, 3.63) is 48.2 Å². The number of halogens is 3. The minimum Gasteiger partial charge on any atom is -0.463 e. The number of esters is 1. The average molecular weight is 484 g/mol. The Kier molecular flexibility index (Phi) is 8.02. The molecule has 0 aliphatic heterocycles. The normalized spacial score (nSPS) is 11.8. The first-order chi connectivity index (χ1) is 15.2. The molecule has 172 valence electrons. The highest BCUT2D eigenvalue weighted by Gasteiger charge is 2.35. The van der Waals surface area contributed by atoms with E-state index in [-0.39, 0.29) is 12.3 Å². The number of rotatable bonds is 9. The van der Waals surface area contributed by atoms with E-state index in [9.17, 15) is 18.0 Å². The van der Waals surface area contributed by atoms with Gasteiger partial charge in [0.1, 0.15) is 13.2 Å². The quantitative estimate of drug-likeness (QED) is 0.297. The lowest BCUT2D eigenvalue weighted by Gasteiger charge is -2.10. The van der Waals surface area contributed by atoms with Gasteiger partial charge in [0.15, 0.2) is 5.69 Å². The fourth-order valence-corrected chi connectivity index (χ4v) is 4.66. The van der Waals surface area contributed by atoms with Crippen molar-refractivity contribution < 1.29 is 22.7 Å². The van der Waals surface area contributed by atoms with Gasteiger partial charge >= 0.3 is 12.1 Å². The van der Waals surface area contributed by atoms with Crippen LogP contribution in [-0.4, -0.2) is 53.6 Å². The second-order valence-electron chi connectivity index (χ2n) is 7.22. The highest BCUT2D eigenvalue weighted by Crippen LogP contribution is 2.38. The number of carbonyl (C=O) groups is 1. The van der Waals surface area contributed by atoms with E-state index in [1.54, 1.807) is 17.8 Å². The third-order valence-corrected chi connectivity index (χ3v) is 6.47. The molecule has 3 aromatic rings. The van der Waals surface area contributed by atoms with Crippen molar-refractivity contribution in [1.29, 1.82) is 0 Å². The van der Waals surface area contributed by atoms with Gasteiger partial charge in [-0.3, -0.25) is 9.48 Å². The summed E-state index contributed by atoms with van der Waals surface area (Å²) in [5.41, 5.74) is 0.187. The van der Waals surface area contributed by atoms with E-state index >= 15 is 0 Å². The van der Waals surface area contributed by atoms with E-state index in [1.165, 1.54) is 11.3 Å². The van der Waals surface area contributed by atoms with E-state index in [0.717, 1.165) is 31.8 Å². The summed E-state index contributed by atoms with van der Waals surface area (Å²) in [7, 11) is 3.67. The lowest BCUT2D eigenvalue weighted by molar-refractivity contribution is -0.146. The smallest absolute Gasteiger partial charge is 0.435 e. The monoisotopic (exact) mass is 483 g/mol. The summed E-state index contributed by atoms with van der Waals surface area (Å²) < 4.78 is 46.2. The molecular formula is C22H24F3N3O2S2. The largest absolute Gasteiger partial charge is 0.463 e. The third kappa shape index (κ3) is 6.36. The summed E-state index contributed by atoms with van der Waals surface area (Å²) in [5, 5.41) is 3.65. The van der Waals surface area contributed by atoms with Crippen molar-refractivity contribution in [2.45, 2.75) is 24.5 Å². The molecule has 0 spiro atoms. The molecular weight excluding hydrogens is 459 g/mol. The van der Waals surface area contributed by atoms with Gasteiger partial charge in [-0.2, -0.15) is 18.3 Å². The lowest BCUT2D eigenvalue weighted by Crippen LogP contribution is -2.22. The summed E-state index contributed by atoms with van der Waals surface area (Å²) in [5.74, 6) is 0.314.